The minimum absolute atomic E-state index is 0.698. The summed E-state index contributed by atoms with van der Waals surface area (Å²) in [5.41, 5.74) is 6.87. The Bertz CT molecular complexity index is 1250. The Morgan fingerprint density at radius 2 is 1.10 bits per heavy atom. The standard InChI is InChI=1S/C28H23N3/c1-20-29-27(25-16-12-23(13-17-25)21-8-4-2-5-9-21)31-28(30-20)26-18-14-24(15-19-26)22-10-6-3-7-11-22/h2,4-6,8-19H,3,7H2,1H3. The molecule has 0 aliphatic heterocycles. The summed E-state index contributed by atoms with van der Waals surface area (Å²) in [4.78, 5) is 13.9. The molecule has 0 N–H and O–H groups in total. The van der Waals surface area contributed by atoms with Crippen LogP contribution in [-0.4, -0.2) is 15.0 Å². The van der Waals surface area contributed by atoms with Crippen molar-refractivity contribution in [2.24, 2.45) is 0 Å². The Morgan fingerprint density at radius 3 is 1.68 bits per heavy atom. The lowest BCUT2D eigenvalue weighted by Gasteiger charge is -2.09. The summed E-state index contributed by atoms with van der Waals surface area (Å²) in [6, 6.07) is 27.2. The van der Waals surface area contributed by atoms with Crippen molar-refractivity contribution in [2.75, 3.05) is 0 Å². The summed E-state index contributed by atoms with van der Waals surface area (Å²) >= 11 is 0. The van der Waals surface area contributed by atoms with E-state index in [0.717, 1.165) is 24.0 Å². The first-order valence-electron chi connectivity index (χ1n) is 10.6. The number of benzene rings is 3. The lowest BCUT2D eigenvalue weighted by Crippen LogP contribution is -1.99. The summed E-state index contributed by atoms with van der Waals surface area (Å²) in [7, 11) is 0. The quantitative estimate of drug-likeness (QED) is 0.373. The van der Waals surface area contributed by atoms with Crippen LogP contribution in [0.4, 0.5) is 0 Å². The molecule has 0 spiro atoms. The minimum atomic E-state index is 0.698. The third-order valence-corrected chi connectivity index (χ3v) is 5.47. The molecule has 150 valence electrons. The zero-order valence-corrected chi connectivity index (χ0v) is 17.5. The average Bonchev–Trinajstić information content (AvgIpc) is 2.85. The van der Waals surface area contributed by atoms with Gasteiger partial charge in [-0.25, -0.2) is 15.0 Å². The van der Waals surface area contributed by atoms with E-state index in [-0.39, 0.29) is 0 Å². The van der Waals surface area contributed by atoms with Gasteiger partial charge in [0.05, 0.1) is 0 Å². The number of aryl methyl sites for hydroxylation is 1. The fourth-order valence-corrected chi connectivity index (χ4v) is 3.82. The highest BCUT2D eigenvalue weighted by molar-refractivity contribution is 5.76. The maximum Gasteiger partial charge on any atom is 0.163 e. The molecular weight excluding hydrogens is 378 g/mol. The fraction of sp³-hybridized carbons (Fsp3) is 0.107. The molecule has 0 atom stereocenters. The van der Waals surface area contributed by atoms with Crippen LogP contribution in [0.3, 0.4) is 0 Å². The highest BCUT2D eigenvalue weighted by atomic mass is 15.0. The van der Waals surface area contributed by atoms with Crippen LogP contribution in [0.2, 0.25) is 0 Å². The van der Waals surface area contributed by atoms with E-state index < -0.39 is 0 Å². The van der Waals surface area contributed by atoms with Gasteiger partial charge in [-0.05, 0) is 42.0 Å². The zero-order chi connectivity index (χ0) is 21.0. The molecule has 0 fully saturated rings. The fourth-order valence-electron chi connectivity index (χ4n) is 3.82. The molecule has 31 heavy (non-hydrogen) atoms. The van der Waals surface area contributed by atoms with Crippen LogP contribution in [0.25, 0.3) is 39.5 Å². The molecule has 0 radical (unpaired) electrons. The van der Waals surface area contributed by atoms with E-state index in [0.29, 0.717) is 17.5 Å². The molecular formula is C28H23N3. The summed E-state index contributed by atoms with van der Waals surface area (Å²) < 4.78 is 0. The van der Waals surface area contributed by atoms with Gasteiger partial charge in [0.15, 0.2) is 11.6 Å². The number of nitrogens with zero attached hydrogens (tertiary/aromatic N) is 3. The van der Waals surface area contributed by atoms with Gasteiger partial charge < -0.3 is 0 Å². The molecule has 0 bridgehead atoms. The second-order valence-electron chi connectivity index (χ2n) is 7.69. The lowest BCUT2D eigenvalue weighted by molar-refractivity contribution is 0.992. The van der Waals surface area contributed by atoms with E-state index in [1.807, 2.05) is 13.0 Å². The predicted molar refractivity (Wildman–Crippen MR) is 127 cm³/mol. The van der Waals surface area contributed by atoms with Gasteiger partial charge >= 0.3 is 0 Å². The van der Waals surface area contributed by atoms with E-state index in [9.17, 15) is 0 Å². The van der Waals surface area contributed by atoms with Crippen molar-refractivity contribution >= 4 is 5.57 Å². The second-order valence-corrected chi connectivity index (χ2v) is 7.69. The molecule has 3 heteroatoms. The monoisotopic (exact) mass is 401 g/mol. The molecule has 0 amide bonds. The van der Waals surface area contributed by atoms with Crippen molar-refractivity contribution in [3.05, 3.63) is 108 Å². The van der Waals surface area contributed by atoms with Crippen LogP contribution in [0.5, 0.6) is 0 Å². The number of allylic oxidation sites excluding steroid dienone is 4. The van der Waals surface area contributed by atoms with Crippen LogP contribution < -0.4 is 0 Å². The summed E-state index contributed by atoms with van der Waals surface area (Å²) in [5, 5.41) is 0. The average molecular weight is 402 g/mol. The van der Waals surface area contributed by atoms with Gasteiger partial charge in [0.1, 0.15) is 5.82 Å². The number of hydrogen-bond acceptors (Lipinski definition) is 3. The van der Waals surface area contributed by atoms with E-state index in [1.165, 1.54) is 22.3 Å². The second kappa shape index (κ2) is 8.49. The van der Waals surface area contributed by atoms with E-state index in [1.54, 1.807) is 0 Å². The van der Waals surface area contributed by atoms with E-state index in [2.05, 4.69) is 101 Å². The number of aromatic nitrogens is 3. The first kappa shape index (κ1) is 19.1. The van der Waals surface area contributed by atoms with Gasteiger partial charge in [-0.15, -0.1) is 0 Å². The number of hydrogen-bond donors (Lipinski definition) is 0. The highest BCUT2D eigenvalue weighted by Gasteiger charge is 2.10. The van der Waals surface area contributed by atoms with Gasteiger partial charge in [0, 0.05) is 11.1 Å². The smallest absolute Gasteiger partial charge is 0.163 e. The normalized spacial score (nSPS) is 13.1. The van der Waals surface area contributed by atoms with E-state index >= 15 is 0 Å². The molecule has 1 aliphatic carbocycles. The minimum Gasteiger partial charge on any atom is -0.213 e. The van der Waals surface area contributed by atoms with E-state index in [4.69, 9.17) is 4.98 Å². The van der Waals surface area contributed by atoms with Crippen LogP contribution in [0.15, 0.2) is 97.1 Å². The predicted octanol–water partition coefficient (Wildman–Crippen LogP) is 6.91. The van der Waals surface area contributed by atoms with Gasteiger partial charge in [-0.2, -0.15) is 0 Å². The van der Waals surface area contributed by atoms with Crippen LogP contribution >= 0.6 is 0 Å². The first-order chi connectivity index (χ1) is 15.3. The maximum absolute atomic E-state index is 4.77. The topological polar surface area (TPSA) is 38.7 Å². The molecule has 3 nitrogen and oxygen atoms in total. The molecule has 1 aromatic heterocycles. The molecule has 5 rings (SSSR count). The van der Waals surface area contributed by atoms with Crippen LogP contribution in [0.1, 0.15) is 24.2 Å². The van der Waals surface area contributed by atoms with Crippen molar-refractivity contribution < 1.29 is 0 Å². The third-order valence-electron chi connectivity index (χ3n) is 5.47. The molecule has 1 heterocycles. The van der Waals surface area contributed by atoms with Gasteiger partial charge in [-0.1, -0.05) is 97.1 Å². The third kappa shape index (κ3) is 4.22. The van der Waals surface area contributed by atoms with Crippen molar-refractivity contribution in [1.82, 2.24) is 15.0 Å². The zero-order valence-electron chi connectivity index (χ0n) is 17.5. The Balaban J connectivity index is 1.44. The van der Waals surface area contributed by atoms with Crippen molar-refractivity contribution in [3.8, 4) is 33.9 Å². The lowest BCUT2D eigenvalue weighted by atomic mass is 9.98. The van der Waals surface area contributed by atoms with Crippen molar-refractivity contribution in [1.29, 1.82) is 0 Å². The Hall–Kier alpha value is -3.85. The van der Waals surface area contributed by atoms with Crippen molar-refractivity contribution in [3.63, 3.8) is 0 Å². The van der Waals surface area contributed by atoms with Gasteiger partial charge in [-0.3, -0.25) is 0 Å². The Kier molecular flexibility index (Phi) is 5.24. The number of rotatable bonds is 4. The SMILES string of the molecule is Cc1nc(-c2ccc(C3=CCCC=C3)cc2)nc(-c2ccc(-c3ccccc3)cc2)n1. The molecule has 1 aliphatic rings. The first-order valence-corrected chi connectivity index (χ1v) is 10.6. The molecule has 4 aromatic rings. The van der Waals surface area contributed by atoms with Gasteiger partial charge in [0.2, 0.25) is 0 Å². The molecule has 0 saturated carbocycles. The largest absolute Gasteiger partial charge is 0.213 e. The van der Waals surface area contributed by atoms with Crippen LogP contribution in [0, 0.1) is 6.92 Å². The van der Waals surface area contributed by atoms with Crippen LogP contribution in [-0.2, 0) is 0 Å². The molecule has 3 aromatic carbocycles. The van der Waals surface area contributed by atoms with Gasteiger partial charge in [0.25, 0.3) is 0 Å². The summed E-state index contributed by atoms with van der Waals surface area (Å²) in [6.45, 7) is 1.92. The summed E-state index contributed by atoms with van der Waals surface area (Å²) in [6.07, 6.45) is 8.95. The Morgan fingerprint density at radius 1 is 0.548 bits per heavy atom. The van der Waals surface area contributed by atoms with Crippen molar-refractivity contribution in [2.45, 2.75) is 19.8 Å². The molecule has 0 saturated heterocycles. The Labute approximate surface area is 182 Å². The summed E-state index contributed by atoms with van der Waals surface area (Å²) in [5.74, 6) is 2.12. The highest BCUT2D eigenvalue weighted by Crippen LogP contribution is 2.26. The molecule has 0 unspecified atom stereocenters. The maximum atomic E-state index is 4.77.